The molecule has 2 rings (SSSR count). The van der Waals surface area contributed by atoms with Crippen LogP contribution in [0.5, 0.6) is 5.75 Å². The molecule has 3 nitrogen and oxygen atoms in total. The largest absolute Gasteiger partial charge is 0.490 e. The number of nitrogens with two attached hydrogens (primary N) is 1. The molecule has 0 bridgehead atoms. The minimum absolute atomic E-state index is 0.270. The summed E-state index contributed by atoms with van der Waals surface area (Å²) in [7, 11) is 0. The summed E-state index contributed by atoms with van der Waals surface area (Å²) < 4.78 is 6.86. The van der Waals surface area contributed by atoms with Gasteiger partial charge in [-0.2, -0.15) is 0 Å². The summed E-state index contributed by atoms with van der Waals surface area (Å²) in [5, 5.41) is 0. The Labute approximate surface area is 97.6 Å². The van der Waals surface area contributed by atoms with Crippen molar-refractivity contribution in [2.75, 3.05) is 6.61 Å². The van der Waals surface area contributed by atoms with Crippen molar-refractivity contribution in [2.24, 2.45) is 5.90 Å². The van der Waals surface area contributed by atoms with Gasteiger partial charge >= 0.3 is 0 Å². The maximum absolute atomic E-state index is 5.77. The third kappa shape index (κ3) is 2.33. The fourth-order valence-electron chi connectivity index (χ4n) is 1.92. The number of benzene rings is 1. The van der Waals surface area contributed by atoms with Crippen LogP contribution in [0.25, 0.3) is 0 Å². The van der Waals surface area contributed by atoms with Crippen LogP contribution in [-0.2, 0) is 17.7 Å². The number of hydrogen-bond acceptors (Lipinski definition) is 3. The van der Waals surface area contributed by atoms with Gasteiger partial charge in [0.25, 0.3) is 0 Å². The molecule has 1 aliphatic heterocycles. The Kier molecular flexibility index (Phi) is 3.29. The van der Waals surface area contributed by atoms with E-state index in [2.05, 4.69) is 39.8 Å². The SMILES string of the molecule is CC1Cc2cc(Br)cc(CCON)c2O1. The van der Waals surface area contributed by atoms with Crippen LogP contribution in [0, 0.1) is 0 Å². The summed E-state index contributed by atoms with van der Waals surface area (Å²) in [6, 6.07) is 4.18. The van der Waals surface area contributed by atoms with Crippen LogP contribution in [0.4, 0.5) is 0 Å². The average molecular weight is 272 g/mol. The first-order chi connectivity index (χ1) is 7.20. The van der Waals surface area contributed by atoms with Crippen LogP contribution < -0.4 is 10.6 Å². The Morgan fingerprint density at radius 1 is 1.60 bits per heavy atom. The van der Waals surface area contributed by atoms with Crippen LogP contribution in [-0.4, -0.2) is 12.7 Å². The van der Waals surface area contributed by atoms with Crippen LogP contribution in [0.15, 0.2) is 16.6 Å². The molecule has 0 fully saturated rings. The minimum Gasteiger partial charge on any atom is -0.490 e. The van der Waals surface area contributed by atoms with Gasteiger partial charge in [-0.3, -0.25) is 0 Å². The molecule has 4 heteroatoms. The summed E-state index contributed by atoms with van der Waals surface area (Å²) in [5.74, 6) is 6.05. The van der Waals surface area contributed by atoms with Gasteiger partial charge in [-0.1, -0.05) is 15.9 Å². The van der Waals surface area contributed by atoms with Gasteiger partial charge in [0.1, 0.15) is 11.9 Å². The second kappa shape index (κ2) is 4.51. The highest BCUT2D eigenvalue weighted by Crippen LogP contribution is 2.35. The van der Waals surface area contributed by atoms with Crippen LogP contribution in [0.3, 0.4) is 0 Å². The average Bonchev–Trinajstić information content (AvgIpc) is 2.54. The molecule has 0 radical (unpaired) electrons. The first-order valence-electron chi connectivity index (χ1n) is 5.00. The highest BCUT2D eigenvalue weighted by molar-refractivity contribution is 9.10. The van der Waals surface area contributed by atoms with Crippen molar-refractivity contribution in [3.63, 3.8) is 0 Å². The van der Waals surface area contributed by atoms with Gasteiger partial charge in [0.05, 0.1) is 6.61 Å². The topological polar surface area (TPSA) is 44.5 Å². The van der Waals surface area contributed by atoms with Gasteiger partial charge in [0.2, 0.25) is 0 Å². The zero-order valence-electron chi connectivity index (χ0n) is 8.63. The smallest absolute Gasteiger partial charge is 0.126 e. The lowest BCUT2D eigenvalue weighted by Gasteiger charge is -2.09. The molecule has 2 N–H and O–H groups in total. The quantitative estimate of drug-likeness (QED) is 0.858. The molecular formula is C11H14BrNO2. The molecule has 0 aliphatic carbocycles. The van der Waals surface area contributed by atoms with E-state index >= 15 is 0 Å². The highest BCUT2D eigenvalue weighted by atomic mass is 79.9. The molecule has 0 saturated carbocycles. The van der Waals surface area contributed by atoms with E-state index in [-0.39, 0.29) is 6.10 Å². The van der Waals surface area contributed by atoms with E-state index in [4.69, 9.17) is 10.6 Å². The van der Waals surface area contributed by atoms with Gasteiger partial charge in [0.15, 0.2) is 0 Å². The Morgan fingerprint density at radius 3 is 3.13 bits per heavy atom. The molecule has 1 aliphatic rings. The third-order valence-electron chi connectivity index (χ3n) is 2.52. The fourth-order valence-corrected chi connectivity index (χ4v) is 2.47. The Hall–Kier alpha value is -0.580. The molecule has 1 aromatic rings. The van der Waals surface area contributed by atoms with E-state index in [0.717, 1.165) is 28.6 Å². The van der Waals surface area contributed by atoms with Crippen molar-refractivity contribution in [3.8, 4) is 5.75 Å². The van der Waals surface area contributed by atoms with Crippen molar-refractivity contribution >= 4 is 15.9 Å². The third-order valence-corrected chi connectivity index (χ3v) is 2.98. The lowest BCUT2D eigenvalue weighted by molar-refractivity contribution is 0.140. The molecule has 1 unspecified atom stereocenters. The van der Waals surface area contributed by atoms with E-state index < -0.39 is 0 Å². The summed E-state index contributed by atoms with van der Waals surface area (Å²) in [6.45, 7) is 2.59. The molecule has 0 aromatic heterocycles. The molecule has 0 amide bonds. The number of ether oxygens (including phenoxy) is 1. The van der Waals surface area contributed by atoms with Crippen molar-refractivity contribution in [1.82, 2.24) is 0 Å². The highest BCUT2D eigenvalue weighted by Gasteiger charge is 2.22. The second-order valence-electron chi connectivity index (χ2n) is 3.81. The van der Waals surface area contributed by atoms with Crippen molar-refractivity contribution in [2.45, 2.75) is 25.9 Å². The van der Waals surface area contributed by atoms with Crippen LogP contribution in [0.2, 0.25) is 0 Å². The van der Waals surface area contributed by atoms with Gasteiger partial charge in [-0.15, -0.1) is 0 Å². The Morgan fingerprint density at radius 2 is 2.40 bits per heavy atom. The molecule has 1 heterocycles. The van der Waals surface area contributed by atoms with E-state index in [1.807, 2.05) is 0 Å². The fraction of sp³-hybridized carbons (Fsp3) is 0.455. The normalized spacial score (nSPS) is 18.7. The van der Waals surface area contributed by atoms with Crippen molar-refractivity contribution < 1.29 is 9.57 Å². The van der Waals surface area contributed by atoms with E-state index in [1.165, 1.54) is 5.56 Å². The zero-order chi connectivity index (χ0) is 10.8. The Bertz CT molecular complexity index is 368. The number of hydrogen-bond donors (Lipinski definition) is 1. The monoisotopic (exact) mass is 271 g/mol. The lowest BCUT2D eigenvalue weighted by atomic mass is 10.1. The molecule has 0 spiro atoms. The number of fused-ring (bicyclic) bond motifs is 1. The summed E-state index contributed by atoms with van der Waals surface area (Å²) in [5.41, 5.74) is 2.43. The van der Waals surface area contributed by atoms with Crippen molar-refractivity contribution in [1.29, 1.82) is 0 Å². The van der Waals surface area contributed by atoms with Gasteiger partial charge in [-0.25, -0.2) is 5.90 Å². The van der Waals surface area contributed by atoms with E-state index in [0.29, 0.717) is 6.61 Å². The maximum atomic E-state index is 5.77. The predicted octanol–water partition coefficient (Wildman–Crippen LogP) is 2.21. The number of rotatable bonds is 3. The molecule has 0 saturated heterocycles. The minimum atomic E-state index is 0.270. The summed E-state index contributed by atoms with van der Waals surface area (Å²) in [6.07, 6.45) is 2.03. The summed E-state index contributed by atoms with van der Waals surface area (Å²) >= 11 is 3.50. The predicted molar refractivity (Wildman–Crippen MR) is 61.8 cm³/mol. The molecule has 1 atom stereocenters. The van der Waals surface area contributed by atoms with E-state index in [9.17, 15) is 0 Å². The summed E-state index contributed by atoms with van der Waals surface area (Å²) in [4.78, 5) is 4.60. The lowest BCUT2D eigenvalue weighted by Crippen LogP contribution is -2.07. The van der Waals surface area contributed by atoms with Gasteiger partial charge in [-0.05, 0) is 30.2 Å². The molecule has 82 valence electrons. The van der Waals surface area contributed by atoms with Crippen LogP contribution >= 0.6 is 15.9 Å². The second-order valence-corrected chi connectivity index (χ2v) is 4.72. The van der Waals surface area contributed by atoms with Crippen molar-refractivity contribution in [3.05, 3.63) is 27.7 Å². The molecule has 1 aromatic carbocycles. The zero-order valence-corrected chi connectivity index (χ0v) is 10.2. The molecule has 15 heavy (non-hydrogen) atoms. The van der Waals surface area contributed by atoms with E-state index in [1.54, 1.807) is 0 Å². The van der Waals surface area contributed by atoms with Crippen LogP contribution in [0.1, 0.15) is 18.1 Å². The van der Waals surface area contributed by atoms with Gasteiger partial charge in [0, 0.05) is 17.3 Å². The maximum Gasteiger partial charge on any atom is 0.126 e. The van der Waals surface area contributed by atoms with Gasteiger partial charge < -0.3 is 9.57 Å². The Balaban J connectivity index is 2.30. The standard InChI is InChI=1S/C11H14BrNO2/c1-7-4-9-6-10(12)5-8(2-3-14-13)11(9)15-7/h5-7H,2-4,13H2,1H3. The first-order valence-corrected chi connectivity index (χ1v) is 5.79. The first kappa shape index (κ1) is 10.9. The molecular weight excluding hydrogens is 258 g/mol. The number of halogens is 1.